The fraction of sp³-hybridized carbons (Fsp3) is 0.350. The van der Waals surface area contributed by atoms with Crippen LogP contribution in [-0.4, -0.2) is 43.1 Å². The van der Waals surface area contributed by atoms with E-state index in [1.54, 1.807) is 31.0 Å². The highest BCUT2D eigenvalue weighted by molar-refractivity contribution is 7.98. The molecule has 0 aliphatic rings. The molecule has 0 aliphatic heterocycles. The monoisotopic (exact) mass is 402 g/mol. The van der Waals surface area contributed by atoms with E-state index in [2.05, 4.69) is 27.9 Å². The zero-order valence-electron chi connectivity index (χ0n) is 16.2. The lowest BCUT2D eigenvalue weighted by Crippen LogP contribution is -2.39. The molecule has 0 aliphatic carbocycles. The van der Waals surface area contributed by atoms with Crippen molar-refractivity contribution in [1.82, 2.24) is 10.6 Å². The van der Waals surface area contributed by atoms with Crippen molar-refractivity contribution < 1.29 is 9.66 Å². The number of aliphatic imine (C=N–C) groups is 1. The van der Waals surface area contributed by atoms with Crippen molar-refractivity contribution in [3.05, 3.63) is 69.8 Å². The van der Waals surface area contributed by atoms with Gasteiger partial charge in [-0.1, -0.05) is 30.3 Å². The third kappa shape index (κ3) is 7.11. The number of ether oxygens (including phenoxy) is 1. The molecule has 2 N–H and O–H groups in total. The highest BCUT2D eigenvalue weighted by atomic mass is 32.2. The summed E-state index contributed by atoms with van der Waals surface area (Å²) < 4.78 is 5.39. The summed E-state index contributed by atoms with van der Waals surface area (Å²) >= 11 is 1.76. The number of non-ortho nitro benzene ring substituents is 1. The number of nitro groups is 1. The summed E-state index contributed by atoms with van der Waals surface area (Å²) in [5, 5.41) is 17.4. The van der Waals surface area contributed by atoms with E-state index in [4.69, 9.17) is 4.74 Å². The standard InChI is InChI=1S/C20H26N4O3S/c1-27-19-6-4-3-5-17(19)11-12-21-20(22-13-14-28-2)23-15-16-7-9-18(10-8-16)24(25)26/h3-10H,11-15H2,1-2H3,(H2,21,22,23). The second kappa shape index (κ2) is 11.9. The number of nitrogens with zero attached hydrogens (tertiary/aromatic N) is 2. The van der Waals surface area contributed by atoms with Gasteiger partial charge in [0.25, 0.3) is 5.69 Å². The molecule has 0 amide bonds. The lowest BCUT2D eigenvalue weighted by molar-refractivity contribution is -0.384. The molecule has 0 radical (unpaired) electrons. The Bertz CT molecular complexity index is 781. The molecule has 0 aromatic heterocycles. The summed E-state index contributed by atoms with van der Waals surface area (Å²) in [5.74, 6) is 2.58. The second-order valence-corrected chi connectivity index (χ2v) is 6.98. The molecule has 0 saturated heterocycles. The first-order chi connectivity index (χ1) is 13.6. The molecule has 0 fully saturated rings. The van der Waals surface area contributed by atoms with E-state index in [9.17, 15) is 10.1 Å². The number of nitro benzene ring substituents is 1. The van der Waals surface area contributed by atoms with E-state index in [0.29, 0.717) is 13.1 Å². The highest BCUT2D eigenvalue weighted by Gasteiger charge is 2.05. The fourth-order valence-corrected chi connectivity index (χ4v) is 2.87. The summed E-state index contributed by atoms with van der Waals surface area (Å²) in [6.07, 6.45) is 2.87. The number of methoxy groups -OCH3 is 1. The number of rotatable bonds is 10. The van der Waals surface area contributed by atoms with Crippen molar-refractivity contribution >= 4 is 23.4 Å². The normalized spacial score (nSPS) is 11.1. The van der Waals surface area contributed by atoms with Gasteiger partial charge in [0, 0.05) is 31.0 Å². The van der Waals surface area contributed by atoms with Crippen LogP contribution in [0, 0.1) is 10.1 Å². The first kappa shape index (κ1) is 21.6. The van der Waals surface area contributed by atoms with Crippen LogP contribution < -0.4 is 15.4 Å². The zero-order chi connectivity index (χ0) is 20.2. The van der Waals surface area contributed by atoms with Gasteiger partial charge in [-0.25, -0.2) is 4.99 Å². The van der Waals surface area contributed by atoms with Crippen LogP contribution in [-0.2, 0) is 13.0 Å². The van der Waals surface area contributed by atoms with Crippen molar-refractivity contribution in [2.24, 2.45) is 4.99 Å². The van der Waals surface area contributed by atoms with Crippen LogP contribution >= 0.6 is 11.8 Å². The zero-order valence-corrected chi connectivity index (χ0v) is 17.0. The van der Waals surface area contributed by atoms with Gasteiger partial charge in [0.2, 0.25) is 0 Å². The quantitative estimate of drug-likeness (QED) is 0.209. The number of benzene rings is 2. The highest BCUT2D eigenvalue weighted by Crippen LogP contribution is 2.17. The van der Waals surface area contributed by atoms with Crippen LogP contribution in [0.3, 0.4) is 0 Å². The van der Waals surface area contributed by atoms with Crippen molar-refractivity contribution in [2.75, 3.05) is 32.2 Å². The predicted octanol–water partition coefficient (Wildman–Crippen LogP) is 3.24. The van der Waals surface area contributed by atoms with E-state index in [0.717, 1.165) is 41.6 Å². The van der Waals surface area contributed by atoms with Crippen LogP contribution in [0.25, 0.3) is 0 Å². The van der Waals surface area contributed by atoms with E-state index < -0.39 is 4.92 Å². The summed E-state index contributed by atoms with van der Waals surface area (Å²) in [6.45, 7) is 1.97. The van der Waals surface area contributed by atoms with E-state index in [1.165, 1.54) is 12.1 Å². The van der Waals surface area contributed by atoms with Gasteiger partial charge in [0.15, 0.2) is 5.96 Å². The molecule has 2 aromatic rings. The van der Waals surface area contributed by atoms with Gasteiger partial charge >= 0.3 is 0 Å². The Hall–Kier alpha value is -2.74. The molecule has 0 saturated carbocycles. The van der Waals surface area contributed by atoms with Crippen molar-refractivity contribution in [1.29, 1.82) is 0 Å². The van der Waals surface area contributed by atoms with Crippen LogP contribution in [0.5, 0.6) is 5.75 Å². The molecular weight excluding hydrogens is 376 g/mol. The third-order valence-electron chi connectivity index (χ3n) is 4.04. The molecule has 0 heterocycles. The van der Waals surface area contributed by atoms with Gasteiger partial charge in [0.1, 0.15) is 5.75 Å². The van der Waals surface area contributed by atoms with Crippen LogP contribution in [0.1, 0.15) is 11.1 Å². The molecule has 0 atom stereocenters. The number of nitrogens with one attached hydrogen (secondary N) is 2. The summed E-state index contributed by atoms with van der Waals surface area (Å²) in [7, 11) is 1.67. The van der Waals surface area contributed by atoms with Crippen LogP contribution in [0.4, 0.5) is 5.69 Å². The molecule has 0 unspecified atom stereocenters. The maximum Gasteiger partial charge on any atom is 0.269 e. The summed E-state index contributed by atoms with van der Waals surface area (Å²) in [5.41, 5.74) is 2.14. The molecule has 8 heteroatoms. The molecular formula is C20H26N4O3S. The van der Waals surface area contributed by atoms with E-state index in [1.807, 2.05) is 18.2 Å². The van der Waals surface area contributed by atoms with Gasteiger partial charge in [0.05, 0.1) is 18.6 Å². The maximum absolute atomic E-state index is 10.8. The van der Waals surface area contributed by atoms with Crippen molar-refractivity contribution in [2.45, 2.75) is 13.0 Å². The molecule has 0 bridgehead atoms. The Labute approximate surface area is 169 Å². The molecule has 7 nitrogen and oxygen atoms in total. The van der Waals surface area contributed by atoms with Crippen LogP contribution in [0.15, 0.2) is 53.5 Å². The minimum absolute atomic E-state index is 0.0842. The average molecular weight is 403 g/mol. The van der Waals surface area contributed by atoms with Crippen molar-refractivity contribution in [3.8, 4) is 5.75 Å². The van der Waals surface area contributed by atoms with Gasteiger partial charge < -0.3 is 15.4 Å². The average Bonchev–Trinajstić information content (AvgIpc) is 2.72. The first-order valence-electron chi connectivity index (χ1n) is 9.00. The largest absolute Gasteiger partial charge is 0.496 e. The lowest BCUT2D eigenvalue weighted by atomic mass is 10.1. The van der Waals surface area contributed by atoms with Crippen molar-refractivity contribution in [3.63, 3.8) is 0 Å². The van der Waals surface area contributed by atoms with Gasteiger partial charge in [-0.2, -0.15) is 11.8 Å². The minimum atomic E-state index is -0.401. The Morgan fingerprint density at radius 3 is 2.54 bits per heavy atom. The number of hydrogen-bond acceptors (Lipinski definition) is 5. The summed E-state index contributed by atoms with van der Waals surface area (Å²) in [6, 6.07) is 14.4. The van der Waals surface area contributed by atoms with Crippen LogP contribution in [0.2, 0.25) is 0 Å². The third-order valence-corrected chi connectivity index (χ3v) is 4.66. The lowest BCUT2D eigenvalue weighted by Gasteiger charge is -2.13. The molecule has 150 valence electrons. The molecule has 2 aromatic carbocycles. The number of para-hydroxylation sites is 1. The number of guanidine groups is 1. The van der Waals surface area contributed by atoms with E-state index >= 15 is 0 Å². The predicted molar refractivity (Wildman–Crippen MR) is 115 cm³/mol. The van der Waals surface area contributed by atoms with Gasteiger partial charge in [-0.05, 0) is 29.9 Å². The molecule has 28 heavy (non-hydrogen) atoms. The van der Waals surface area contributed by atoms with E-state index in [-0.39, 0.29) is 5.69 Å². The maximum atomic E-state index is 10.8. The minimum Gasteiger partial charge on any atom is -0.496 e. The smallest absolute Gasteiger partial charge is 0.269 e. The second-order valence-electron chi connectivity index (χ2n) is 6.00. The first-order valence-corrected chi connectivity index (χ1v) is 10.4. The Kier molecular flexibility index (Phi) is 9.14. The number of thioether (sulfide) groups is 1. The van der Waals surface area contributed by atoms with Gasteiger partial charge in [-0.15, -0.1) is 0 Å². The summed E-state index contributed by atoms with van der Waals surface area (Å²) in [4.78, 5) is 15.0. The molecule has 0 spiro atoms. The Morgan fingerprint density at radius 2 is 1.86 bits per heavy atom. The fourth-order valence-electron chi connectivity index (χ4n) is 2.56. The Balaban J connectivity index is 1.95. The Morgan fingerprint density at radius 1 is 1.14 bits per heavy atom. The van der Waals surface area contributed by atoms with Gasteiger partial charge in [-0.3, -0.25) is 10.1 Å². The molecule has 2 rings (SSSR count). The SMILES string of the molecule is COc1ccccc1CCNC(=NCc1ccc([N+](=O)[O-])cc1)NCCSC. The number of hydrogen-bond donors (Lipinski definition) is 2. The topological polar surface area (TPSA) is 88.8 Å².